The quantitative estimate of drug-likeness (QED) is 0.700. The molecule has 0 saturated heterocycles. The zero-order chi connectivity index (χ0) is 11.1. The SMILES string of the molecule is CCN(CC(N)CCOC)C1CCCC1. The van der Waals surface area contributed by atoms with Gasteiger partial charge >= 0.3 is 0 Å². The zero-order valence-electron chi connectivity index (χ0n) is 10.2. The van der Waals surface area contributed by atoms with Crippen molar-refractivity contribution in [3.05, 3.63) is 0 Å². The molecule has 1 rings (SSSR count). The molecule has 15 heavy (non-hydrogen) atoms. The third-order valence-electron chi connectivity index (χ3n) is 3.41. The number of hydrogen-bond acceptors (Lipinski definition) is 3. The van der Waals surface area contributed by atoms with E-state index in [4.69, 9.17) is 10.5 Å². The van der Waals surface area contributed by atoms with Gasteiger partial charge in [-0.05, 0) is 25.8 Å². The van der Waals surface area contributed by atoms with Gasteiger partial charge in [0.05, 0.1) is 0 Å². The molecular weight excluding hydrogens is 188 g/mol. The summed E-state index contributed by atoms with van der Waals surface area (Å²) in [5, 5.41) is 0. The Morgan fingerprint density at radius 1 is 1.40 bits per heavy atom. The van der Waals surface area contributed by atoms with Gasteiger partial charge in [0, 0.05) is 32.3 Å². The molecule has 3 heteroatoms. The third kappa shape index (κ3) is 4.49. The van der Waals surface area contributed by atoms with Crippen LogP contribution in [0.15, 0.2) is 0 Å². The van der Waals surface area contributed by atoms with Gasteiger partial charge in [-0.15, -0.1) is 0 Å². The van der Waals surface area contributed by atoms with E-state index in [0.717, 1.165) is 32.2 Å². The Hall–Kier alpha value is -0.120. The van der Waals surface area contributed by atoms with Crippen LogP contribution in [0, 0.1) is 0 Å². The van der Waals surface area contributed by atoms with E-state index in [1.54, 1.807) is 7.11 Å². The molecule has 2 N–H and O–H groups in total. The molecule has 0 bridgehead atoms. The van der Waals surface area contributed by atoms with Crippen LogP contribution < -0.4 is 5.73 Å². The van der Waals surface area contributed by atoms with Crippen LogP contribution in [-0.4, -0.2) is 43.8 Å². The topological polar surface area (TPSA) is 38.5 Å². The van der Waals surface area contributed by atoms with Gasteiger partial charge in [0.25, 0.3) is 0 Å². The summed E-state index contributed by atoms with van der Waals surface area (Å²) in [6.45, 7) is 5.18. The van der Waals surface area contributed by atoms with Gasteiger partial charge < -0.3 is 10.5 Å². The number of ether oxygens (including phenoxy) is 1. The minimum absolute atomic E-state index is 0.269. The number of likely N-dealkylation sites (N-methyl/N-ethyl adjacent to an activating group) is 1. The molecule has 90 valence electrons. The number of methoxy groups -OCH3 is 1. The fourth-order valence-corrected chi connectivity index (χ4v) is 2.47. The standard InChI is InChI=1S/C12H26N2O/c1-3-14(12-6-4-5-7-12)10-11(13)8-9-15-2/h11-12H,3-10,13H2,1-2H3. The number of nitrogens with zero attached hydrogens (tertiary/aromatic N) is 1. The summed E-state index contributed by atoms with van der Waals surface area (Å²) < 4.78 is 5.05. The van der Waals surface area contributed by atoms with Crippen molar-refractivity contribution in [1.29, 1.82) is 0 Å². The molecule has 1 aliphatic rings. The van der Waals surface area contributed by atoms with Gasteiger partial charge in [-0.25, -0.2) is 0 Å². The molecule has 1 aliphatic carbocycles. The van der Waals surface area contributed by atoms with Gasteiger partial charge in [0.15, 0.2) is 0 Å². The fourth-order valence-electron chi connectivity index (χ4n) is 2.47. The Kier molecular flexibility index (Phi) is 6.22. The van der Waals surface area contributed by atoms with Crippen molar-refractivity contribution >= 4 is 0 Å². The van der Waals surface area contributed by atoms with Crippen LogP contribution in [0.2, 0.25) is 0 Å². The third-order valence-corrected chi connectivity index (χ3v) is 3.41. The molecule has 1 atom stereocenters. The summed E-state index contributed by atoms with van der Waals surface area (Å²) >= 11 is 0. The van der Waals surface area contributed by atoms with Crippen molar-refractivity contribution in [2.75, 3.05) is 26.8 Å². The smallest absolute Gasteiger partial charge is 0.0477 e. The average Bonchev–Trinajstić information content (AvgIpc) is 2.76. The van der Waals surface area contributed by atoms with E-state index in [9.17, 15) is 0 Å². The highest BCUT2D eigenvalue weighted by Gasteiger charge is 2.22. The highest BCUT2D eigenvalue weighted by atomic mass is 16.5. The van der Waals surface area contributed by atoms with Gasteiger partial charge in [-0.2, -0.15) is 0 Å². The largest absolute Gasteiger partial charge is 0.385 e. The van der Waals surface area contributed by atoms with Crippen molar-refractivity contribution in [3.8, 4) is 0 Å². The summed E-state index contributed by atoms with van der Waals surface area (Å²) in [4.78, 5) is 2.55. The lowest BCUT2D eigenvalue weighted by molar-refractivity contribution is 0.159. The normalized spacial score (nSPS) is 20.0. The maximum atomic E-state index is 6.08. The van der Waals surface area contributed by atoms with Gasteiger partial charge in [0.2, 0.25) is 0 Å². The van der Waals surface area contributed by atoms with Gasteiger partial charge in [-0.1, -0.05) is 19.8 Å². The first-order valence-electron chi connectivity index (χ1n) is 6.26. The molecule has 0 amide bonds. The number of nitrogens with two attached hydrogens (primary N) is 1. The first kappa shape index (κ1) is 12.9. The molecular formula is C12H26N2O. The lowest BCUT2D eigenvalue weighted by atomic mass is 10.1. The van der Waals surface area contributed by atoms with Crippen molar-refractivity contribution in [1.82, 2.24) is 4.90 Å². The summed E-state index contributed by atoms with van der Waals surface area (Å²) in [6, 6.07) is 1.06. The summed E-state index contributed by atoms with van der Waals surface area (Å²) in [6.07, 6.45) is 6.50. The van der Waals surface area contributed by atoms with E-state index in [1.165, 1.54) is 25.7 Å². The fraction of sp³-hybridized carbons (Fsp3) is 1.00. The molecule has 0 aliphatic heterocycles. The molecule has 0 aromatic rings. The molecule has 1 saturated carbocycles. The molecule has 0 heterocycles. The predicted molar refractivity (Wildman–Crippen MR) is 64.0 cm³/mol. The molecule has 3 nitrogen and oxygen atoms in total. The first-order chi connectivity index (χ1) is 7.27. The van der Waals surface area contributed by atoms with Crippen LogP contribution >= 0.6 is 0 Å². The maximum Gasteiger partial charge on any atom is 0.0477 e. The minimum atomic E-state index is 0.269. The maximum absolute atomic E-state index is 6.08. The van der Waals surface area contributed by atoms with Crippen molar-refractivity contribution in [3.63, 3.8) is 0 Å². The number of rotatable bonds is 7. The Morgan fingerprint density at radius 2 is 2.07 bits per heavy atom. The molecule has 1 unspecified atom stereocenters. The Labute approximate surface area is 94.0 Å². The van der Waals surface area contributed by atoms with E-state index in [0.29, 0.717) is 0 Å². The first-order valence-corrected chi connectivity index (χ1v) is 6.26. The van der Waals surface area contributed by atoms with Crippen molar-refractivity contribution in [2.24, 2.45) is 5.73 Å². The second-order valence-corrected chi connectivity index (χ2v) is 4.57. The van der Waals surface area contributed by atoms with Crippen molar-refractivity contribution < 1.29 is 4.74 Å². The number of hydrogen-bond donors (Lipinski definition) is 1. The lowest BCUT2D eigenvalue weighted by Gasteiger charge is -2.29. The highest BCUT2D eigenvalue weighted by molar-refractivity contribution is 4.79. The van der Waals surface area contributed by atoms with E-state index in [2.05, 4.69) is 11.8 Å². The van der Waals surface area contributed by atoms with Crippen LogP contribution in [-0.2, 0) is 4.74 Å². The lowest BCUT2D eigenvalue weighted by Crippen LogP contribution is -2.42. The summed E-state index contributed by atoms with van der Waals surface area (Å²) in [5.41, 5.74) is 6.08. The van der Waals surface area contributed by atoms with E-state index >= 15 is 0 Å². The van der Waals surface area contributed by atoms with Crippen LogP contribution in [0.5, 0.6) is 0 Å². The highest BCUT2D eigenvalue weighted by Crippen LogP contribution is 2.23. The van der Waals surface area contributed by atoms with Crippen LogP contribution in [0.4, 0.5) is 0 Å². The van der Waals surface area contributed by atoms with E-state index in [1.807, 2.05) is 0 Å². The van der Waals surface area contributed by atoms with Gasteiger partial charge in [0.1, 0.15) is 0 Å². The average molecular weight is 214 g/mol. The molecule has 0 radical (unpaired) electrons. The molecule has 1 fully saturated rings. The summed E-state index contributed by atoms with van der Waals surface area (Å²) in [7, 11) is 1.74. The van der Waals surface area contributed by atoms with Crippen LogP contribution in [0.25, 0.3) is 0 Å². The second-order valence-electron chi connectivity index (χ2n) is 4.57. The Balaban J connectivity index is 2.25. The molecule has 0 aromatic heterocycles. The van der Waals surface area contributed by atoms with Gasteiger partial charge in [-0.3, -0.25) is 4.90 Å². The van der Waals surface area contributed by atoms with Crippen LogP contribution in [0.1, 0.15) is 39.0 Å². The molecule has 0 aromatic carbocycles. The van der Waals surface area contributed by atoms with Crippen LogP contribution in [0.3, 0.4) is 0 Å². The minimum Gasteiger partial charge on any atom is -0.385 e. The second kappa shape index (κ2) is 7.20. The summed E-state index contributed by atoms with van der Waals surface area (Å²) in [5.74, 6) is 0. The monoisotopic (exact) mass is 214 g/mol. The van der Waals surface area contributed by atoms with Crippen molar-refractivity contribution in [2.45, 2.75) is 51.1 Å². The predicted octanol–water partition coefficient (Wildman–Crippen LogP) is 1.61. The van der Waals surface area contributed by atoms with E-state index < -0.39 is 0 Å². The Morgan fingerprint density at radius 3 is 2.60 bits per heavy atom. The zero-order valence-corrected chi connectivity index (χ0v) is 10.2. The Bertz CT molecular complexity index is 158. The van der Waals surface area contributed by atoms with E-state index in [-0.39, 0.29) is 6.04 Å². The molecule has 0 spiro atoms.